The highest BCUT2D eigenvalue weighted by molar-refractivity contribution is 5.98. The normalized spacial score (nSPS) is 9.50. The monoisotopic (exact) mass is 191 g/mol. The van der Waals surface area contributed by atoms with Crippen molar-refractivity contribution in [2.24, 2.45) is 0 Å². The Bertz CT molecular complexity index is 334. The molecule has 14 heavy (non-hydrogen) atoms. The van der Waals surface area contributed by atoms with Crippen LogP contribution in [-0.2, 0) is 0 Å². The number of rotatable bonds is 5. The lowest BCUT2D eigenvalue weighted by Gasteiger charge is -2.04. The van der Waals surface area contributed by atoms with E-state index in [4.69, 9.17) is 4.74 Å². The van der Waals surface area contributed by atoms with E-state index >= 15 is 0 Å². The van der Waals surface area contributed by atoms with E-state index in [1.165, 1.54) is 7.11 Å². The molecule has 0 aliphatic carbocycles. The number of Topliss-reactive ketones (excluding diaryl/α,β-unsaturated/α-hetero) is 1. The Labute approximate surface area is 83.4 Å². The van der Waals surface area contributed by atoms with Crippen LogP contribution < -0.4 is 4.74 Å². The first-order chi connectivity index (χ1) is 6.79. The molecule has 0 aliphatic rings. The van der Waals surface area contributed by atoms with Gasteiger partial charge in [-0.3, -0.25) is 4.79 Å². The van der Waals surface area contributed by atoms with E-state index in [0.29, 0.717) is 24.3 Å². The summed E-state index contributed by atoms with van der Waals surface area (Å²) in [6.07, 6.45) is 4.45. The van der Waals surface area contributed by atoms with Gasteiger partial charge in [-0.1, -0.05) is 6.08 Å². The first-order valence-electron chi connectivity index (χ1n) is 4.42. The van der Waals surface area contributed by atoms with Crippen LogP contribution >= 0.6 is 0 Å². The smallest absolute Gasteiger partial charge is 0.224 e. The summed E-state index contributed by atoms with van der Waals surface area (Å²) in [5.74, 6) is 0.427. The summed E-state index contributed by atoms with van der Waals surface area (Å²) in [4.78, 5) is 15.6. The van der Waals surface area contributed by atoms with Crippen molar-refractivity contribution < 1.29 is 9.53 Å². The van der Waals surface area contributed by atoms with E-state index in [1.54, 1.807) is 24.4 Å². The molecule has 1 heterocycles. The Balaban J connectivity index is 2.82. The lowest BCUT2D eigenvalue weighted by atomic mass is 10.1. The van der Waals surface area contributed by atoms with Crippen LogP contribution in [0.1, 0.15) is 23.2 Å². The van der Waals surface area contributed by atoms with Gasteiger partial charge in [-0.05, 0) is 18.6 Å². The molecule has 0 saturated carbocycles. The zero-order chi connectivity index (χ0) is 10.4. The molecule has 3 heteroatoms. The summed E-state index contributed by atoms with van der Waals surface area (Å²) in [6.45, 7) is 3.57. The largest absolute Gasteiger partial charge is 0.480 e. The van der Waals surface area contributed by atoms with Gasteiger partial charge in [-0.15, -0.1) is 6.58 Å². The van der Waals surface area contributed by atoms with Gasteiger partial charge in [-0.2, -0.15) is 0 Å². The number of aromatic nitrogens is 1. The number of allylic oxidation sites excluding steroid dienone is 1. The molecule has 1 aromatic heterocycles. The highest BCUT2D eigenvalue weighted by Gasteiger charge is 2.11. The summed E-state index contributed by atoms with van der Waals surface area (Å²) in [6, 6.07) is 3.45. The average Bonchev–Trinajstić information content (AvgIpc) is 2.25. The predicted molar refractivity (Wildman–Crippen MR) is 54.6 cm³/mol. The van der Waals surface area contributed by atoms with Gasteiger partial charge in [0, 0.05) is 12.6 Å². The number of hydrogen-bond acceptors (Lipinski definition) is 3. The summed E-state index contributed by atoms with van der Waals surface area (Å²) in [5.41, 5.74) is 0.539. The predicted octanol–water partition coefficient (Wildman–Crippen LogP) is 2.24. The highest BCUT2D eigenvalue weighted by Crippen LogP contribution is 2.16. The Morgan fingerprint density at radius 3 is 3.14 bits per heavy atom. The maximum absolute atomic E-state index is 11.6. The molecule has 0 N–H and O–H groups in total. The number of methoxy groups -OCH3 is 1. The van der Waals surface area contributed by atoms with Crippen molar-refractivity contribution in [3.63, 3.8) is 0 Å². The fourth-order valence-electron chi connectivity index (χ4n) is 1.13. The minimum Gasteiger partial charge on any atom is -0.480 e. The fourth-order valence-corrected chi connectivity index (χ4v) is 1.13. The second-order valence-corrected chi connectivity index (χ2v) is 2.81. The number of nitrogens with zero attached hydrogens (tertiary/aromatic N) is 1. The topological polar surface area (TPSA) is 39.2 Å². The van der Waals surface area contributed by atoms with Crippen molar-refractivity contribution in [2.45, 2.75) is 12.8 Å². The van der Waals surface area contributed by atoms with Crippen LogP contribution in [0, 0.1) is 0 Å². The zero-order valence-corrected chi connectivity index (χ0v) is 8.19. The molecular weight excluding hydrogens is 178 g/mol. The number of pyridine rings is 1. The average molecular weight is 191 g/mol. The van der Waals surface area contributed by atoms with E-state index < -0.39 is 0 Å². The minimum absolute atomic E-state index is 0.0369. The molecule has 0 radical (unpaired) electrons. The van der Waals surface area contributed by atoms with Crippen LogP contribution in [0.3, 0.4) is 0 Å². The lowest BCUT2D eigenvalue weighted by Crippen LogP contribution is -2.02. The first kappa shape index (κ1) is 10.4. The van der Waals surface area contributed by atoms with Gasteiger partial charge in [0.25, 0.3) is 0 Å². The maximum atomic E-state index is 11.6. The molecule has 74 valence electrons. The quantitative estimate of drug-likeness (QED) is 0.529. The molecule has 0 saturated heterocycles. The van der Waals surface area contributed by atoms with Crippen molar-refractivity contribution in [1.82, 2.24) is 4.98 Å². The third-order valence-electron chi connectivity index (χ3n) is 1.84. The maximum Gasteiger partial charge on any atom is 0.224 e. The van der Waals surface area contributed by atoms with E-state index in [0.717, 1.165) is 0 Å². The second-order valence-electron chi connectivity index (χ2n) is 2.81. The van der Waals surface area contributed by atoms with Gasteiger partial charge in [0.2, 0.25) is 5.88 Å². The number of ether oxygens (including phenoxy) is 1. The van der Waals surface area contributed by atoms with Gasteiger partial charge in [0.1, 0.15) is 0 Å². The second kappa shape index (κ2) is 5.17. The molecule has 0 bridgehead atoms. The Kier molecular flexibility index (Phi) is 3.85. The summed E-state index contributed by atoms with van der Waals surface area (Å²) >= 11 is 0. The Hall–Kier alpha value is -1.64. The molecule has 0 amide bonds. The van der Waals surface area contributed by atoms with Gasteiger partial charge in [0.05, 0.1) is 12.7 Å². The summed E-state index contributed by atoms with van der Waals surface area (Å²) < 4.78 is 4.99. The Morgan fingerprint density at radius 1 is 1.71 bits per heavy atom. The molecule has 3 nitrogen and oxygen atoms in total. The van der Waals surface area contributed by atoms with Crippen LogP contribution in [0.4, 0.5) is 0 Å². The molecule has 1 aromatic rings. The molecule has 0 atom stereocenters. The van der Waals surface area contributed by atoms with Crippen LogP contribution in [-0.4, -0.2) is 17.9 Å². The fraction of sp³-hybridized carbons (Fsp3) is 0.273. The van der Waals surface area contributed by atoms with Crippen molar-refractivity contribution in [3.8, 4) is 5.88 Å². The highest BCUT2D eigenvalue weighted by atomic mass is 16.5. The van der Waals surface area contributed by atoms with Gasteiger partial charge >= 0.3 is 0 Å². The third-order valence-corrected chi connectivity index (χ3v) is 1.84. The van der Waals surface area contributed by atoms with E-state index in [-0.39, 0.29) is 5.78 Å². The van der Waals surface area contributed by atoms with Crippen molar-refractivity contribution in [3.05, 3.63) is 36.5 Å². The number of ketones is 1. The molecule has 0 aliphatic heterocycles. The Morgan fingerprint density at radius 2 is 2.50 bits per heavy atom. The SMILES string of the molecule is C=CCCC(=O)c1cccnc1OC. The minimum atomic E-state index is 0.0369. The molecular formula is C11H13NO2. The van der Waals surface area contributed by atoms with Crippen LogP contribution in [0.2, 0.25) is 0 Å². The third kappa shape index (κ3) is 2.42. The number of carbonyl (C=O) groups excluding carboxylic acids is 1. The molecule has 0 fully saturated rings. The number of carbonyl (C=O) groups is 1. The lowest BCUT2D eigenvalue weighted by molar-refractivity contribution is 0.0980. The van der Waals surface area contributed by atoms with Crippen LogP contribution in [0.25, 0.3) is 0 Å². The van der Waals surface area contributed by atoms with E-state index in [9.17, 15) is 4.79 Å². The van der Waals surface area contributed by atoms with E-state index in [1.807, 2.05) is 0 Å². The molecule has 0 spiro atoms. The molecule has 1 rings (SSSR count). The summed E-state index contributed by atoms with van der Waals surface area (Å²) in [7, 11) is 1.51. The van der Waals surface area contributed by atoms with Gasteiger partial charge < -0.3 is 4.74 Å². The van der Waals surface area contributed by atoms with Gasteiger partial charge in [0.15, 0.2) is 5.78 Å². The van der Waals surface area contributed by atoms with Gasteiger partial charge in [-0.25, -0.2) is 4.98 Å². The van der Waals surface area contributed by atoms with E-state index in [2.05, 4.69) is 11.6 Å². The first-order valence-corrected chi connectivity index (χ1v) is 4.42. The molecule has 0 unspecified atom stereocenters. The van der Waals surface area contributed by atoms with Crippen LogP contribution in [0.15, 0.2) is 31.0 Å². The van der Waals surface area contributed by atoms with Crippen molar-refractivity contribution >= 4 is 5.78 Å². The van der Waals surface area contributed by atoms with Crippen molar-refractivity contribution in [1.29, 1.82) is 0 Å². The van der Waals surface area contributed by atoms with Crippen molar-refractivity contribution in [2.75, 3.05) is 7.11 Å². The zero-order valence-electron chi connectivity index (χ0n) is 8.19. The number of hydrogen-bond donors (Lipinski definition) is 0. The van der Waals surface area contributed by atoms with Crippen LogP contribution in [0.5, 0.6) is 5.88 Å². The standard InChI is InChI=1S/C11H13NO2/c1-3-4-7-10(13)9-6-5-8-12-11(9)14-2/h3,5-6,8H,1,4,7H2,2H3. The molecule has 0 aromatic carbocycles. The summed E-state index contributed by atoms with van der Waals surface area (Å²) in [5, 5.41) is 0.